The summed E-state index contributed by atoms with van der Waals surface area (Å²) < 4.78 is 5.44. The van der Waals surface area contributed by atoms with Crippen LogP contribution in [-0.4, -0.2) is 37.7 Å². The molecule has 0 atom stereocenters. The standard InChI is InChI=1S/C19H21NO.ClH/c1-3-7-17(8-4-1)15-19(18-9-5-2-6-10-18)16-20-11-13-21-14-12-20;/h1-10,15H,11-14,16H2;1H. The SMILES string of the molecule is C(=C(CN1CCOCC1)c1ccccc1)c1ccccc1.Cl. The van der Waals surface area contributed by atoms with Crippen LogP contribution in [0.2, 0.25) is 0 Å². The summed E-state index contributed by atoms with van der Waals surface area (Å²) in [5, 5.41) is 0. The fourth-order valence-corrected chi connectivity index (χ4v) is 2.62. The Morgan fingerprint density at radius 1 is 0.909 bits per heavy atom. The molecule has 2 aromatic carbocycles. The lowest BCUT2D eigenvalue weighted by atomic mass is 10.0. The van der Waals surface area contributed by atoms with E-state index in [0.29, 0.717) is 0 Å². The first-order valence-electron chi connectivity index (χ1n) is 7.53. The summed E-state index contributed by atoms with van der Waals surface area (Å²) in [5.74, 6) is 0. The highest BCUT2D eigenvalue weighted by molar-refractivity contribution is 5.85. The van der Waals surface area contributed by atoms with Crippen LogP contribution in [0.15, 0.2) is 60.7 Å². The van der Waals surface area contributed by atoms with E-state index in [2.05, 4.69) is 71.6 Å². The summed E-state index contributed by atoms with van der Waals surface area (Å²) in [4.78, 5) is 2.46. The van der Waals surface area contributed by atoms with Gasteiger partial charge in [0.1, 0.15) is 0 Å². The van der Waals surface area contributed by atoms with E-state index in [4.69, 9.17) is 4.74 Å². The van der Waals surface area contributed by atoms with Gasteiger partial charge in [-0.15, -0.1) is 12.4 Å². The van der Waals surface area contributed by atoms with Crippen molar-refractivity contribution in [2.45, 2.75) is 0 Å². The molecule has 3 heteroatoms. The maximum absolute atomic E-state index is 5.44. The van der Waals surface area contributed by atoms with Crippen molar-refractivity contribution >= 4 is 24.1 Å². The first-order chi connectivity index (χ1) is 10.4. The van der Waals surface area contributed by atoms with Crippen molar-refractivity contribution in [3.05, 3.63) is 71.8 Å². The maximum Gasteiger partial charge on any atom is 0.0594 e. The Kier molecular flexibility index (Phi) is 6.66. The van der Waals surface area contributed by atoms with E-state index in [9.17, 15) is 0 Å². The van der Waals surface area contributed by atoms with Gasteiger partial charge < -0.3 is 4.74 Å². The Morgan fingerprint density at radius 2 is 1.50 bits per heavy atom. The summed E-state index contributed by atoms with van der Waals surface area (Å²) in [6, 6.07) is 21.2. The maximum atomic E-state index is 5.44. The molecule has 22 heavy (non-hydrogen) atoms. The zero-order valence-corrected chi connectivity index (χ0v) is 13.5. The van der Waals surface area contributed by atoms with Gasteiger partial charge in [-0.25, -0.2) is 0 Å². The highest BCUT2D eigenvalue weighted by Crippen LogP contribution is 2.20. The molecule has 1 aliphatic heterocycles. The lowest BCUT2D eigenvalue weighted by Crippen LogP contribution is -2.37. The number of rotatable bonds is 4. The van der Waals surface area contributed by atoms with Gasteiger partial charge in [0.2, 0.25) is 0 Å². The van der Waals surface area contributed by atoms with Gasteiger partial charge in [0.15, 0.2) is 0 Å². The molecule has 0 aromatic heterocycles. The summed E-state index contributed by atoms with van der Waals surface area (Å²) in [5.41, 5.74) is 3.92. The first kappa shape index (κ1) is 16.8. The Hall–Kier alpha value is -1.61. The Labute approximate surface area is 138 Å². The highest BCUT2D eigenvalue weighted by Gasteiger charge is 2.13. The molecule has 1 fully saturated rings. The second kappa shape index (κ2) is 8.74. The van der Waals surface area contributed by atoms with Crippen LogP contribution in [0.5, 0.6) is 0 Å². The highest BCUT2D eigenvalue weighted by atomic mass is 35.5. The molecule has 2 nitrogen and oxygen atoms in total. The van der Waals surface area contributed by atoms with Crippen LogP contribution in [0.4, 0.5) is 0 Å². The number of nitrogens with zero attached hydrogens (tertiary/aromatic N) is 1. The van der Waals surface area contributed by atoms with Crippen LogP contribution in [-0.2, 0) is 4.74 Å². The number of hydrogen-bond donors (Lipinski definition) is 0. The van der Waals surface area contributed by atoms with Crippen LogP contribution in [0.25, 0.3) is 11.6 Å². The van der Waals surface area contributed by atoms with Crippen LogP contribution in [0.1, 0.15) is 11.1 Å². The second-order valence-electron chi connectivity index (χ2n) is 5.33. The monoisotopic (exact) mass is 315 g/mol. The van der Waals surface area contributed by atoms with Crippen molar-refractivity contribution in [3.63, 3.8) is 0 Å². The zero-order valence-electron chi connectivity index (χ0n) is 12.7. The van der Waals surface area contributed by atoms with Crippen molar-refractivity contribution in [2.24, 2.45) is 0 Å². The summed E-state index contributed by atoms with van der Waals surface area (Å²) >= 11 is 0. The minimum atomic E-state index is 0. The minimum absolute atomic E-state index is 0. The van der Waals surface area contributed by atoms with Gasteiger partial charge in [-0.3, -0.25) is 4.90 Å². The van der Waals surface area contributed by atoms with Gasteiger partial charge in [0, 0.05) is 19.6 Å². The van der Waals surface area contributed by atoms with E-state index in [1.165, 1.54) is 16.7 Å². The Bertz CT molecular complexity index is 577. The average Bonchev–Trinajstić information content (AvgIpc) is 2.57. The third-order valence-corrected chi connectivity index (χ3v) is 3.78. The van der Waals surface area contributed by atoms with E-state index in [0.717, 1.165) is 32.8 Å². The molecular weight excluding hydrogens is 294 g/mol. The summed E-state index contributed by atoms with van der Waals surface area (Å²) in [6.07, 6.45) is 2.30. The number of halogens is 1. The molecule has 116 valence electrons. The van der Waals surface area contributed by atoms with Crippen LogP contribution in [0.3, 0.4) is 0 Å². The van der Waals surface area contributed by atoms with Crippen molar-refractivity contribution < 1.29 is 4.74 Å². The smallest absolute Gasteiger partial charge is 0.0594 e. The Balaban J connectivity index is 0.00000176. The fourth-order valence-electron chi connectivity index (χ4n) is 2.62. The van der Waals surface area contributed by atoms with E-state index < -0.39 is 0 Å². The van der Waals surface area contributed by atoms with Crippen LogP contribution < -0.4 is 0 Å². The van der Waals surface area contributed by atoms with Crippen LogP contribution >= 0.6 is 12.4 Å². The topological polar surface area (TPSA) is 12.5 Å². The quantitative estimate of drug-likeness (QED) is 0.791. The number of benzene rings is 2. The molecule has 0 bridgehead atoms. The van der Waals surface area contributed by atoms with Crippen molar-refractivity contribution in [1.82, 2.24) is 4.90 Å². The summed E-state index contributed by atoms with van der Waals surface area (Å²) in [7, 11) is 0. The molecule has 0 unspecified atom stereocenters. The third-order valence-electron chi connectivity index (χ3n) is 3.78. The van der Waals surface area contributed by atoms with Crippen molar-refractivity contribution in [3.8, 4) is 0 Å². The molecule has 0 radical (unpaired) electrons. The van der Waals surface area contributed by atoms with Crippen LogP contribution in [0, 0.1) is 0 Å². The van der Waals surface area contributed by atoms with Crippen molar-refractivity contribution in [2.75, 3.05) is 32.8 Å². The van der Waals surface area contributed by atoms with E-state index in [1.807, 2.05) is 0 Å². The first-order valence-corrected chi connectivity index (χ1v) is 7.53. The molecule has 2 aromatic rings. The van der Waals surface area contributed by atoms with Gasteiger partial charge in [-0.1, -0.05) is 60.7 Å². The van der Waals surface area contributed by atoms with Gasteiger partial charge >= 0.3 is 0 Å². The van der Waals surface area contributed by atoms with E-state index >= 15 is 0 Å². The molecule has 3 rings (SSSR count). The molecular formula is C19H22ClNO. The molecule has 1 heterocycles. The number of ether oxygens (including phenoxy) is 1. The molecule has 1 saturated heterocycles. The normalized spacial score (nSPS) is 16.1. The van der Waals surface area contributed by atoms with Gasteiger partial charge in [-0.05, 0) is 22.8 Å². The molecule has 0 spiro atoms. The fraction of sp³-hybridized carbons (Fsp3) is 0.263. The van der Waals surface area contributed by atoms with Gasteiger partial charge in [0.25, 0.3) is 0 Å². The average molecular weight is 316 g/mol. The summed E-state index contributed by atoms with van der Waals surface area (Å²) in [6.45, 7) is 4.68. The third kappa shape index (κ3) is 4.70. The number of morpholine rings is 1. The van der Waals surface area contributed by atoms with Gasteiger partial charge in [-0.2, -0.15) is 0 Å². The second-order valence-corrected chi connectivity index (χ2v) is 5.33. The zero-order chi connectivity index (χ0) is 14.3. The molecule has 0 N–H and O–H groups in total. The van der Waals surface area contributed by atoms with Crippen molar-refractivity contribution in [1.29, 1.82) is 0 Å². The lowest BCUT2D eigenvalue weighted by molar-refractivity contribution is 0.0444. The Morgan fingerprint density at radius 3 is 2.14 bits per heavy atom. The molecule has 1 aliphatic rings. The van der Waals surface area contributed by atoms with E-state index in [1.54, 1.807) is 0 Å². The van der Waals surface area contributed by atoms with Gasteiger partial charge in [0.05, 0.1) is 13.2 Å². The van der Waals surface area contributed by atoms with E-state index in [-0.39, 0.29) is 12.4 Å². The number of hydrogen-bond acceptors (Lipinski definition) is 2. The molecule has 0 saturated carbocycles. The minimum Gasteiger partial charge on any atom is -0.379 e. The molecule has 0 aliphatic carbocycles. The predicted molar refractivity (Wildman–Crippen MR) is 95.3 cm³/mol. The lowest BCUT2D eigenvalue weighted by Gasteiger charge is -2.27. The predicted octanol–water partition coefficient (Wildman–Crippen LogP) is 3.98. The molecule has 0 amide bonds. The largest absolute Gasteiger partial charge is 0.379 e.